The predicted octanol–water partition coefficient (Wildman–Crippen LogP) is 3.12. The van der Waals surface area contributed by atoms with E-state index >= 15 is 0 Å². The lowest BCUT2D eigenvalue weighted by atomic mass is 10.2. The van der Waals surface area contributed by atoms with Crippen LogP contribution in [0.3, 0.4) is 0 Å². The third kappa shape index (κ3) is 3.21. The van der Waals surface area contributed by atoms with Crippen LogP contribution >= 0.6 is 0 Å². The Morgan fingerprint density at radius 2 is 1.68 bits per heavy atom. The molecule has 0 radical (unpaired) electrons. The van der Waals surface area contributed by atoms with Gasteiger partial charge < -0.3 is 14.8 Å². The molecule has 3 aromatic heterocycles. The van der Waals surface area contributed by atoms with Crippen LogP contribution < -0.4 is 9.80 Å². The molecule has 0 aliphatic carbocycles. The lowest BCUT2D eigenvalue weighted by molar-refractivity contribution is 1.05. The maximum absolute atomic E-state index is 8.85. The molecule has 0 amide bonds. The Labute approximate surface area is 162 Å². The maximum Gasteiger partial charge on any atom is 0.158 e. The third-order valence-corrected chi connectivity index (χ3v) is 4.45. The minimum Gasteiger partial charge on any atom is -0.378 e. The molecule has 0 aliphatic heterocycles. The molecule has 4 rings (SSSR count). The number of hydrogen-bond donors (Lipinski definition) is 1. The monoisotopic (exact) mass is 370 g/mol. The molecule has 138 valence electrons. The summed E-state index contributed by atoms with van der Waals surface area (Å²) in [6, 6.07) is 12.1. The van der Waals surface area contributed by atoms with Crippen LogP contribution in [-0.4, -0.2) is 46.1 Å². The minimum absolute atomic E-state index is 0.277. The zero-order valence-corrected chi connectivity index (χ0v) is 15.7. The zero-order chi connectivity index (χ0) is 19.7. The molecular weight excluding hydrogens is 352 g/mol. The van der Waals surface area contributed by atoms with Crippen LogP contribution in [0.1, 0.15) is 5.69 Å². The minimum atomic E-state index is 0.277. The van der Waals surface area contributed by atoms with Gasteiger partial charge in [-0.25, -0.2) is 19.9 Å². The molecule has 0 bridgehead atoms. The molecule has 28 heavy (non-hydrogen) atoms. The summed E-state index contributed by atoms with van der Waals surface area (Å²) in [6.07, 6.45) is 4.72. The van der Waals surface area contributed by atoms with Crippen LogP contribution in [0.5, 0.6) is 0 Å². The summed E-state index contributed by atoms with van der Waals surface area (Å²) in [4.78, 5) is 24.6. The maximum atomic E-state index is 8.85. The quantitative estimate of drug-likeness (QED) is 0.589. The van der Waals surface area contributed by atoms with E-state index in [2.05, 4.69) is 42.0 Å². The molecule has 0 saturated carbocycles. The van der Waals surface area contributed by atoms with E-state index < -0.39 is 0 Å². The van der Waals surface area contributed by atoms with Gasteiger partial charge in [0.25, 0.3) is 0 Å². The number of imidazole rings is 1. The molecule has 4 aromatic rings. The zero-order valence-electron chi connectivity index (χ0n) is 15.7. The standard InChI is InChI=1S/C20H18N8/c1-27(2)15-6-4-13(5-7-15)20-25-16-8-18(24-11-17(16)26-20)28(3)19-12-22-14(9-21)10-23-19/h4-8,10-12H,1-3H3,(H,25,26). The van der Waals surface area contributed by atoms with Crippen molar-refractivity contribution in [1.82, 2.24) is 24.9 Å². The Bertz CT molecular complexity index is 1150. The molecule has 8 heteroatoms. The summed E-state index contributed by atoms with van der Waals surface area (Å²) in [5.41, 5.74) is 4.09. The van der Waals surface area contributed by atoms with E-state index in [1.54, 1.807) is 17.3 Å². The summed E-state index contributed by atoms with van der Waals surface area (Å²) >= 11 is 0. The number of H-pyrrole nitrogens is 1. The van der Waals surface area contributed by atoms with Gasteiger partial charge in [0.2, 0.25) is 0 Å². The van der Waals surface area contributed by atoms with Crippen molar-refractivity contribution < 1.29 is 0 Å². The first-order chi connectivity index (χ1) is 13.5. The number of nitrogens with one attached hydrogen (secondary N) is 1. The Morgan fingerprint density at radius 1 is 0.929 bits per heavy atom. The van der Waals surface area contributed by atoms with Gasteiger partial charge in [-0.3, -0.25) is 0 Å². The van der Waals surface area contributed by atoms with Gasteiger partial charge in [0, 0.05) is 38.5 Å². The molecule has 0 aliphatic rings. The molecule has 0 saturated heterocycles. The fourth-order valence-electron chi connectivity index (χ4n) is 2.81. The first-order valence-corrected chi connectivity index (χ1v) is 8.64. The Balaban J connectivity index is 1.65. The molecular formula is C20H18N8. The van der Waals surface area contributed by atoms with Crippen molar-refractivity contribution in [3.8, 4) is 17.5 Å². The highest BCUT2D eigenvalue weighted by Crippen LogP contribution is 2.26. The molecule has 3 heterocycles. The smallest absolute Gasteiger partial charge is 0.158 e. The Morgan fingerprint density at radius 3 is 2.32 bits per heavy atom. The van der Waals surface area contributed by atoms with E-state index in [0.29, 0.717) is 11.6 Å². The number of fused-ring (bicyclic) bond motifs is 1. The first kappa shape index (κ1) is 17.4. The fraction of sp³-hybridized carbons (Fsp3) is 0.150. The van der Waals surface area contributed by atoms with E-state index in [4.69, 9.17) is 5.26 Å². The third-order valence-electron chi connectivity index (χ3n) is 4.45. The van der Waals surface area contributed by atoms with Gasteiger partial charge in [-0.2, -0.15) is 5.26 Å². The molecule has 1 aromatic carbocycles. The van der Waals surface area contributed by atoms with E-state index in [9.17, 15) is 0 Å². The SMILES string of the molecule is CN(C)c1ccc(-c2nc3cnc(N(C)c4cnc(C#N)cn4)cc3[nH]2)cc1. The van der Waals surface area contributed by atoms with Gasteiger partial charge in [-0.15, -0.1) is 0 Å². The molecule has 1 N–H and O–H groups in total. The van der Waals surface area contributed by atoms with Gasteiger partial charge in [0.1, 0.15) is 23.2 Å². The van der Waals surface area contributed by atoms with Crippen molar-refractivity contribution in [2.24, 2.45) is 0 Å². The second-order valence-corrected chi connectivity index (χ2v) is 6.52. The highest BCUT2D eigenvalue weighted by atomic mass is 15.2. The summed E-state index contributed by atoms with van der Waals surface area (Å²) in [5.74, 6) is 2.09. The first-order valence-electron chi connectivity index (χ1n) is 8.64. The number of benzene rings is 1. The van der Waals surface area contributed by atoms with Crippen LogP contribution in [0, 0.1) is 11.3 Å². The number of nitrogens with zero attached hydrogens (tertiary/aromatic N) is 7. The lowest BCUT2D eigenvalue weighted by Gasteiger charge is -2.16. The summed E-state index contributed by atoms with van der Waals surface area (Å²) in [7, 11) is 5.87. The number of hydrogen-bond acceptors (Lipinski definition) is 7. The van der Waals surface area contributed by atoms with Crippen LogP contribution in [0.2, 0.25) is 0 Å². The number of anilines is 3. The van der Waals surface area contributed by atoms with Crippen molar-refractivity contribution in [3.63, 3.8) is 0 Å². The van der Waals surface area contributed by atoms with Crippen molar-refractivity contribution in [3.05, 3.63) is 54.6 Å². The van der Waals surface area contributed by atoms with E-state index in [1.807, 2.05) is 45.4 Å². The second-order valence-electron chi connectivity index (χ2n) is 6.52. The van der Waals surface area contributed by atoms with Crippen molar-refractivity contribution in [2.45, 2.75) is 0 Å². The van der Waals surface area contributed by atoms with Crippen molar-refractivity contribution in [2.75, 3.05) is 30.9 Å². The van der Waals surface area contributed by atoms with Crippen LogP contribution in [0.4, 0.5) is 17.3 Å². The topological polar surface area (TPSA) is 97.6 Å². The molecule has 0 spiro atoms. The second kappa shape index (κ2) is 6.96. The molecule has 0 atom stereocenters. The summed E-state index contributed by atoms with van der Waals surface area (Å²) < 4.78 is 0. The number of pyridine rings is 1. The number of rotatable bonds is 4. The van der Waals surface area contributed by atoms with E-state index in [0.717, 1.165) is 28.1 Å². The van der Waals surface area contributed by atoms with Crippen LogP contribution in [0.15, 0.2) is 48.9 Å². The average molecular weight is 370 g/mol. The Hall–Kier alpha value is -3.99. The van der Waals surface area contributed by atoms with E-state index in [-0.39, 0.29) is 5.69 Å². The van der Waals surface area contributed by atoms with Crippen LogP contribution in [0.25, 0.3) is 22.4 Å². The molecule has 8 nitrogen and oxygen atoms in total. The number of aromatic amines is 1. The lowest BCUT2D eigenvalue weighted by Crippen LogP contribution is -2.13. The highest BCUT2D eigenvalue weighted by molar-refractivity contribution is 5.81. The largest absolute Gasteiger partial charge is 0.378 e. The van der Waals surface area contributed by atoms with Gasteiger partial charge in [0.05, 0.1) is 24.1 Å². The Kier molecular flexibility index (Phi) is 4.33. The van der Waals surface area contributed by atoms with Gasteiger partial charge in [0.15, 0.2) is 11.5 Å². The fourth-order valence-corrected chi connectivity index (χ4v) is 2.81. The number of aromatic nitrogens is 5. The predicted molar refractivity (Wildman–Crippen MR) is 108 cm³/mol. The number of nitriles is 1. The van der Waals surface area contributed by atoms with Gasteiger partial charge in [-0.05, 0) is 24.3 Å². The van der Waals surface area contributed by atoms with Crippen LogP contribution in [-0.2, 0) is 0 Å². The molecule has 0 unspecified atom stereocenters. The van der Waals surface area contributed by atoms with Crippen molar-refractivity contribution >= 4 is 28.4 Å². The van der Waals surface area contributed by atoms with Crippen molar-refractivity contribution in [1.29, 1.82) is 5.26 Å². The van der Waals surface area contributed by atoms with Gasteiger partial charge >= 0.3 is 0 Å². The summed E-state index contributed by atoms with van der Waals surface area (Å²) in [6.45, 7) is 0. The van der Waals surface area contributed by atoms with E-state index in [1.165, 1.54) is 6.20 Å². The molecule has 0 fully saturated rings. The summed E-state index contributed by atoms with van der Waals surface area (Å²) in [5, 5.41) is 8.85. The van der Waals surface area contributed by atoms with Gasteiger partial charge in [-0.1, -0.05) is 0 Å². The average Bonchev–Trinajstić information content (AvgIpc) is 3.16. The highest BCUT2D eigenvalue weighted by Gasteiger charge is 2.11. The normalized spacial score (nSPS) is 10.6.